The molecule has 0 fully saturated rings. The van der Waals surface area contributed by atoms with Crippen LogP contribution in [-0.4, -0.2) is 44.9 Å². The summed E-state index contributed by atoms with van der Waals surface area (Å²) in [4.78, 5) is 11.2. The lowest BCUT2D eigenvalue weighted by Gasteiger charge is -2.17. The third-order valence-electron chi connectivity index (χ3n) is 2.26. The minimum atomic E-state index is -4.79. The third-order valence-corrected chi connectivity index (χ3v) is 4.33. The van der Waals surface area contributed by atoms with Crippen LogP contribution in [0.15, 0.2) is 0 Å². The Morgan fingerprint density at radius 1 is 1.05 bits per heavy atom. The maximum Gasteiger partial charge on any atom is 0.390 e. The van der Waals surface area contributed by atoms with Crippen LogP contribution < -0.4 is 0 Å². The Hall–Kier alpha value is -1.00. The van der Waals surface area contributed by atoms with E-state index in [1.54, 1.807) is 0 Å². The lowest BCUT2D eigenvalue weighted by atomic mass is 10.2. The minimum absolute atomic E-state index is 0.738. The first-order valence-electron chi connectivity index (χ1n) is 5.21. The molecule has 4 nitrogen and oxygen atoms in total. The van der Waals surface area contributed by atoms with Crippen molar-refractivity contribution in [2.75, 3.05) is 12.9 Å². The van der Waals surface area contributed by atoms with Gasteiger partial charge in [0, 0.05) is 6.42 Å². The molecular formula is C9H12F6O4S. The molecule has 0 aliphatic heterocycles. The number of sulfone groups is 1. The van der Waals surface area contributed by atoms with Crippen LogP contribution in [0.4, 0.5) is 26.3 Å². The Kier molecular flexibility index (Phi) is 6.30. The minimum Gasteiger partial charge on any atom is -0.468 e. The Morgan fingerprint density at radius 2 is 1.50 bits per heavy atom. The molecule has 0 aliphatic carbocycles. The summed E-state index contributed by atoms with van der Waals surface area (Å²) in [5.74, 6) is -2.97. The van der Waals surface area contributed by atoms with Gasteiger partial charge in [-0.3, -0.25) is 4.79 Å². The average molecular weight is 330 g/mol. The average Bonchev–Trinajstić information content (AvgIpc) is 2.23. The summed E-state index contributed by atoms with van der Waals surface area (Å²) in [6.45, 7) is 0. The smallest absolute Gasteiger partial charge is 0.390 e. The van der Waals surface area contributed by atoms with Crippen LogP contribution in [0.5, 0.6) is 0 Å². The second kappa shape index (κ2) is 6.64. The number of alkyl halides is 6. The van der Waals surface area contributed by atoms with E-state index in [9.17, 15) is 39.6 Å². The van der Waals surface area contributed by atoms with Crippen molar-refractivity contribution in [1.82, 2.24) is 0 Å². The standard InChI is InChI=1S/C9H12F6O4S/c1-19-7(16)6(2-3-8(10,11)12)20(17,18)5-4-9(13,14)15/h6H,2-5H2,1H3. The van der Waals surface area contributed by atoms with Gasteiger partial charge in [-0.2, -0.15) is 26.3 Å². The van der Waals surface area contributed by atoms with E-state index < -0.39 is 58.4 Å². The summed E-state index contributed by atoms with van der Waals surface area (Å²) in [6.07, 6.45) is -14.0. The van der Waals surface area contributed by atoms with Gasteiger partial charge in [0.2, 0.25) is 0 Å². The molecule has 0 N–H and O–H groups in total. The fraction of sp³-hybridized carbons (Fsp3) is 0.889. The Labute approximate surface area is 111 Å². The molecule has 11 heteroatoms. The highest BCUT2D eigenvalue weighted by Gasteiger charge is 2.40. The topological polar surface area (TPSA) is 60.4 Å². The van der Waals surface area contributed by atoms with E-state index in [-0.39, 0.29) is 0 Å². The molecule has 0 spiro atoms. The highest BCUT2D eigenvalue weighted by molar-refractivity contribution is 7.92. The number of carbonyl (C=O) groups is 1. The molecule has 0 amide bonds. The van der Waals surface area contributed by atoms with Gasteiger partial charge in [-0.1, -0.05) is 0 Å². The van der Waals surface area contributed by atoms with Gasteiger partial charge < -0.3 is 4.74 Å². The summed E-state index contributed by atoms with van der Waals surface area (Å²) in [5.41, 5.74) is 0. The van der Waals surface area contributed by atoms with Crippen molar-refractivity contribution in [3.05, 3.63) is 0 Å². The molecule has 120 valence electrons. The van der Waals surface area contributed by atoms with Crippen molar-refractivity contribution >= 4 is 15.8 Å². The Balaban J connectivity index is 4.97. The normalized spacial score (nSPS) is 14.9. The molecule has 0 rings (SSSR count). The maximum absolute atomic E-state index is 12.0. The molecule has 0 radical (unpaired) electrons. The Morgan fingerprint density at radius 3 is 1.85 bits per heavy atom. The van der Waals surface area contributed by atoms with Gasteiger partial charge in [-0.05, 0) is 6.42 Å². The summed E-state index contributed by atoms with van der Waals surface area (Å²) >= 11 is 0. The van der Waals surface area contributed by atoms with Crippen molar-refractivity contribution < 1.29 is 44.3 Å². The number of esters is 1. The van der Waals surface area contributed by atoms with Crippen LogP contribution in [0.25, 0.3) is 0 Å². The zero-order valence-electron chi connectivity index (χ0n) is 10.2. The molecule has 0 saturated heterocycles. The number of rotatable bonds is 6. The summed E-state index contributed by atoms with van der Waals surface area (Å²) in [6, 6.07) is 0. The zero-order chi connectivity index (χ0) is 16.2. The summed E-state index contributed by atoms with van der Waals surface area (Å²) in [5, 5.41) is -2.25. The van der Waals surface area contributed by atoms with Gasteiger partial charge in [-0.15, -0.1) is 0 Å². The quantitative estimate of drug-likeness (QED) is 0.553. The first-order chi connectivity index (χ1) is 8.78. The van der Waals surface area contributed by atoms with Crippen molar-refractivity contribution in [2.45, 2.75) is 36.9 Å². The number of carbonyl (C=O) groups excluding carboxylic acids is 1. The maximum atomic E-state index is 12.0. The lowest BCUT2D eigenvalue weighted by Crippen LogP contribution is -2.35. The number of halogens is 6. The third kappa shape index (κ3) is 7.56. The Bertz CT molecular complexity index is 425. The molecule has 0 aromatic carbocycles. The van der Waals surface area contributed by atoms with E-state index in [0.29, 0.717) is 0 Å². The van der Waals surface area contributed by atoms with Crippen LogP contribution in [0.1, 0.15) is 19.3 Å². The molecular weight excluding hydrogens is 318 g/mol. The van der Waals surface area contributed by atoms with Crippen molar-refractivity contribution in [2.24, 2.45) is 0 Å². The predicted octanol–water partition coefficient (Wildman–Crippen LogP) is 2.24. The summed E-state index contributed by atoms with van der Waals surface area (Å²) < 4.78 is 99.0. The van der Waals surface area contributed by atoms with Gasteiger partial charge in [-0.25, -0.2) is 8.42 Å². The molecule has 1 unspecified atom stereocenters. The van der Waals surface area contributed by atoms with Crippen LogP contribution in [0.3, 0.4) is 0 Å². The first kappa shape index (κ1) is 19.0. The lowest BCUT2D eigenvalue weighted by molar-refractivity contribution is -0.145. The summed E-state index contributed by atoms with van der Waals surface area (Å²) in [7, 11) is -3.95. The van der Waals surface area contributed by atoms with Gasteiger partial charge in [0.1, 0.15) is 0 Å². The van der Waals surface area contributed by atoms with Gasteiger partial charge in [0.05, 0.1) is 19.3 Å². The highest BCUT2D eigenvalue weighted by Crippen LogP contribution is 2.27. The molecule has 20 heavy (non-hydrogen) atoms. The van der Waals surface area contributed by atoms with Gasteiger partial charge in [0.25, 0.3) is 0 Å². The number of methoxy groups -OCH3 is 1. The molecule has 0 saturated carbocycles. The molecule has 0 aliphatic rings. The predicted molar refractivity (Wildman–Crippen MR) is 55.6 cm³/mol. The fourth-order valence-electron chi connectivity index (χ4n) is 1.27. The van der Waals surface area contributed by atoms with E-state index in [0.717, 1.165) is 7.11 Å². The number of hydrogen-bond donors (Lipinski definition) is 0. The first-order valence-corrected chi connectivity index (χ1v) is 6.93. The van der Waals surface area contributed by atoms with Crippen LogP contribution in [0, 0.1) is 0 Å². The van der Waals surface area contributed by atoms with Crippen LogP contribution in [0.2, 0.25) is 0 Å². The second-order valence-corrected chi connectivity index (χ2v) is 6.20. The molecule has 0 bridgehead atoms. The second-order valence-electron chi connectivity index (χ2n) is 3.90. The van der Waals surface area contributed by atoms with Gasteiger partial charge >= 0.3 is 18.3 Å². The van der Waals surface area contributed by atoms with E-state index in [1.807, 2.05) is 0 Å². The van der Waals surface area contributed by atoms with Crippen LogP contribution >= 0.6 is 0 Å². The highest BCUT2D eigenvalue weighted by atomic mass is 32.2. The van der Waals surface area contributed by atoms with E-state index in [1.165, 1.54) is 0 Å². The molecule has 0 aromatic heterocycles. The van der Waals surface area contributed by atoms with Crippen molar-refractivity contribution in [3.8, 4) is 0 Å². The van der Waals surface area contributed by atoms with E-state index >= 15 is 0 Å². The monoisotopic (exact) mass is 330 g/mol. The molecule has 1 atom stereocenters. The van der Waals surface area contributed by atoms with Crippen molar-refractivity contribution in [1.29, 1.82) is 0 Å². The zero-order valence-corrected chi connectivity index (χ0v) is 11.0. The largest absolute Gasteiger partial charge is 0.468 e. The van der Waals surface area contributed by atoms with Crippen LogP contribution in [-0.2, 0) is 19.4 Å². The van der Waals surface area contributed by atoms with E-state index in [2.05, 4.69) is 4.74 Å². The number of hydrogen-bond acceptors (Lipinski definition) is 4. The van der Waals surface area contributed by atoms with Gasteiger partial charge in [0.15, 0.2) is 15.1 Å². The SMILES string of the molecule is COC(=O)C(CCC(F)(F)F)S(=O)(=O)CCC(F)(F)F. The number of ether oxygens (including phenoxy) is 1. The van der Waals surface area contributed by atoms with E-state index in [4.69, 9.17) is 0 Å². The molecule has 0 aromatic rings. The van der Waals surface area contributed by atoms with Crippen molar-refractivity contribution in [3.63, 3.8) is 0 Å². The molecule has 0 heterocycles. The fourth-order valence-corrected chi connectivity index (χ4v) is 2.94.